The van der Waals surface area contributed by atoms with Crippen LogP contribution >= 0.6 is 11.6 Å². The zero-order valence-electron chi connectivity index (χ0n) is 15.6. The third-order valence-electron chi connectivity index (χ3n) is 4.58. The first-order valence-electron chi connectivity index (χ1n) is 8.05. The predicted molar refractivity (Wildman–Crippen MR) is 101 cm³/mol. The van der Waals surface area contributed by atoms with Gasteiger partial charge in [-0.25, -0.2) is 0 Å². The number of carbonyl (C=O) groups excluding carboxylic acids is 1. The minimum absolute atomic E-state index is 0.0295. The van der Waals surface area contributed by atoms with Gasteiger partial charge in [-0.15, -0.1) is 0 Å². The monoisotopic (exact) mass is 387 g/mol. The summed E-state index contributed by atoms with van der Waals surface area (Å²) in [6.07, 6.45) is -0.254. The number of ether oxygens (including phenoxy) is 1. The minimum atomic E-state index is -2.17. The summed E-state index contributed by atoms with van der Waals surface area (Å²) in [6.45, 7) is 10.4. The van der Waals surface area contributed by atoms with Crippen molar-refractivity contribution in [2.24, 2.45) is 0 Å². The highest BCUT2D eigenvalue weighted by atomic mass is 35.5. The molecule has 0 amide bonds. The van der Waals surface area contributed by atoms with Crippen molar-refractivity contribution in [3.8, 4) is 0 Å². The van der Waals surface area contributed by atoms with Gasteiger partial charge in [-0.05, 0) is 30.3 Å². The average molecular weight is 388 g/mol. The van der Waals surface area contributed by atoms with Gasteiger partial charge >= 0.3 is 5.97 Å². The number of methoxy groups -OCH3 is 1. The quantitative estimate of drug-likeness (QED) is 0.292. The molecule has 140 valence electrons. The number of benzene rings is 1. The molecule has 0 bridgehead atoms. The van der Waals surface area contributed by atoms with Gasteiger partial charge in [-0.1, -0.05) is 32.4 Å². The van der Waals surface area contributed by atoms with Crippen molar-refractivity contribution in [3.63, 3.8) is 0 Å². The van der Waals surface area contributed by atoms with Crippen molar-refractivity contribution < 1.29 is 18.9 Å². The maximum atomic E-state index is 11.8. The Hall–Kier alpha value is -1.44. The van der Waals surface area contributed by atoms with Gasteiger partial charge in [0.1, 0.15) is 0 Å². The van der Waals surface area contributed by atoms with E-state index >= 15 is 0 Å². The first-order valence-corrected chi connectivity index (χ1v) is 11.3. The summed E-state index contributed by atoms with van der Waals surface area (Å²) in [6, 6.07) is 4.41. The number of nitro benzene ring substituents is 1. The van der Waals surface area contributed by atoms with E-state index in [9.17, 15) is 14.9 Å². The zero-order valence-corrected chi connectivity index (χ0v) is 17.3. The largest absolute Gasteiger partial charge is 0.469 e. The third-order valence-corrected chi connectivity index (χ3v) is 9.35. The van der Waals surface area contributed by atoms with Crippen LogP contribution in [0.4, 0.5) is 5.69 Å². The molecule has 0 saturated heterocycles. The Morgan fingerprint density at radius 3 is 2.44 bits per heavy atom. The van der Waals surface area contributed by atoms with E-state index in [0.717, 1.165) is 0 Å². The molecule has 1 aromatic carbocycles. The fraction of sp³-hybridized carbons (Fsp3) is 0.588. The van der Waals surface area contributed by atoms with Crippen molar-refractivity contribution in [2.45, 2.75) is 57.8 Å². The van der Waals surface area contributed by atoms with Gasteiger partial charge in [-0.2, -0.15) is 0 Å². The Morgan fingerprint density at radius 2 is 1.96 bits per heavy atom. The topological polar surface area (TPSA) is 78.7 Å². The van der Waals surface area contributed by atoms with E-state index in [-0.39, 0.29) is 23.6 Å². The van der Waals surface area contributed by atoms with E-state index in [0.29, 0.717) is 10.6 Å². The summed E-state index contributed by atoms with van der Waals surface area (Å²) < 4.78 is 11.1. The standard InChI is InChI=1S/C17H26ClNO5Si/c1-17(2,3)25(5,6)24-14(11-16(20)23-4)10-12-9-13(18)7-8-15(12)19(21)22/h7-9,14H,10-11H2,1-6H3. The molecule has 1 rings (SSSR count). The lowest BCUT2D eigenvalue weighted by atomic mass is 10.0. The lowest BCUT2D eigenvalue weighted by Gasteiger charge is -2.39. The van der Waals surface area contributed by atoms with Crippen LogP contribution in [0, 0.1) is 10.1 Å². The second-order valence-corrected chi connectivity index (χ2v) is 12.7. The molecule has 0 saturated carbocycles. The zero-order chi connectivity index (χ0) is 19.4. The molecule has 8 heteroatoms. The summed E-state index contributed by atoms with van der Waals surface area (Å²) in [5, 5.41) is 11.6. The lowest BCUT2D eigenvalue weighted by Crippen LogP contribution is -2.45. The predicted octanol–water partition coefficient (Wildman–Crippen LogP) is 4.74. The number of hydrogen-bond acceptors (Lipinski definition) is 5. The number of nitro groups is 1. The minimum Gasteiger partial charge on any atom is -0.469 e. The Labute approximate surface area is 154 Å². The van der Waals surface area contributed by atoms with Crippen molar-refractivity contribution in [1.29, 1.82) is 0 Å². The van der Waals surface area contributed by atoms with Crippen molar-refractivity contribution >= 4 is 31.6 Å². The van der Waals surface area contributed by atoms with E-state index in [1.807, 2.05) is 0 Å². The highest BCUT2D eigenvalue weighted by molar-refractivity contribution is 6.74. The van der Waals surface area contributed by atoms with Crippen molar-refractivity contribution in [3.05, 3.63) is 38.9 Å². The van der Waals surface area contributed by atoms with Gasteiger partial charge in [0.25, 0.3) is 5.69 Å². The number of hydrogen-bond donors (Lipinski definition) is 0. The van der Waals surface area contributed by atoms with Crippen LogP contribution in [-0.2, 0) is 20.4 Å². The van der Waals surface area contributed by atoms with Crippen LogP contribution < -0.4 is 0 Å². The molecule has 0 aliphatic carbocycles. The Kier molecular flexibility index (Phi) is 7.16. The molecule has 0 heterocycles. The number of esters is 1. The molecule has 0 aliphatic heterocycles. The molecule has 25 heavy (non-hydrogen) atoms. The first kappa shape index (κ1) is 21.6. The highest BCUT2D eigenvalue weighted by Crippen LogP contribution is 2.38. The molecular weight excluding hydrogens is 362 g/mol. The average Bonchev–Trinajstić information content (AvgIpc) is 2.45. The van der Waals surface area contributed by atoms with Crippen LogP contribution in [0.15, 0.2) is 18.2 Å². The molecule has 1 unspecified atom stereocenters. The molecule has 1 aromatic rings. The molecule has 0 N–H and O–H groups in total. The van der Waals surface area contributed by atoms with Gasteiger partial charge in [0, 0.05) is 23.1 Å². The van der Waals surface area contributed by atoms with E-state index in [2.05, 4.69) is 33.9 Å². The summed E-state index contributed by atoms with van der Waals surface area (Å²) >= 11 is 6.00. The van der Waals surface area contributed by atoms with Gasteiger partial charge in [0.2, 0.25) is 0 Å². The third kappa shape index (κ3) is 6.09. The number of halogens is 1. The maximum Gasteiger partial charge on any atom is 0.308 e. The summed E-state index contributed by atoms with van der Waals surface area (Å²) in [5.74, 6) is -0.409. The van der Waals surface area contributed by atoms with Crippen LogP contribution in [0.3, 0.4) is 0 Å². The van der Waals surface area contributed by atoms with Crippen LogP contribution in [0.2, 0.25) is 23.2 Å². The smallest absolute Gasteiger partial charge is 0.308 e. The SMILES string of the molecule is COC(=O)CC(Cc1cc(Cl)ccc1[N+](=O)[O-])O[Si](C)(C)C(C)(C)C. The molecule has 0 aliphatic rings. The fourth-order valence-electron chi connectivity index (χ4n) is 2.16. The summed E-state index contributed by atoms with van der Waals surface area (Å²) in [7, 11) is -0.857. The molecule has 1 atom stereocenters. The van der Waals surface area contributed by atoms with E-state index in [1.165, 1.54) is 19.2 Å². The van der Waals surface area contributed by atoms with Gasteiger partial charge in [0.05, 0.1) is 24.6 Å². The lowest BCUT2D eigenvalue weighted by molar-refractivity contribution is -0.385. The molecular formula is C17H26ClNO5Si. The summed E-state index contributed by atoms with van der Waals surface area (Å²) in [4.78, 5) is 22.6. The normalized spacial score (nSPS) is 13.4. The van der Waals surface area contributed by atoms with Crippen LogP contribution in [-0.4, -0.2) is 32.4 Å². The highest BCUT2D eigenvalue weighted by Gasteiger charge is 2.40. The molecule has 0 radical (unpaired) electrons. The van der Waals surface area contributed by atoms with E-state index < -0.39 is 25.3 Å². The maximum absolute atomic E-state index is 11.8. The van der Waals surface area contributed by atoms with Gasteiger partial charge < -0.3 is 9.16 Å². The Morgan fingerprint density at radius 1 is 1.36 bits per heavy atom. The van der Waals surface area contributed by atoms with Crippen molar-refractivity contribution in [2.75, 3.05) is 7.11 Å². The van der Waals surface area contributed by atoms with E-state index in [4.69, 9.17) is 20.8 Å². The molecule has 0 aromatic heterocycles. The molecule has 6 nitrogen and oxygen atoms in total. The Balaban J connectivity index is 3.16. The number of carbonyl (C=O) groups is 1. The second-order valence-electron chi connectivity index (χ2n) is 7.51. The number of rotatable bonds is 7. The molecule has 0 fully saturated rings. The van der Waals surface area contributed by atoms with Gasteiger partial charge in [0.15, 0.2) is 8.32 Å². The van der Waals surface area contributed by atoms with Crippen LogP contribution in [0.5, 0.6) is 0 Å². The first-order chi connectivity index (χ1) is 11.4. The van der Waals surface area contributed by atoms with Crippen LogP contribution in [0.25, 0.3) is 0 Å². The van der Waals surface area contributed by atoms with Crippen LogP contribution in [0.1, 0.15) is 32.8 Å². The van der Waals surface area contributed by atoms with Crippen molar-refractivity contribution in [1.82, 2.24) is 0 Å². The fourth-order valence-corrected chi connectivity index (χ4v) is 3.71. The van der Waals surface area contributed by atoms with E-state index in [1.54, 1.807) is 6.07 Å². The Bertz CT molecular complexity index is 642. The summed E-state index contributed by atoms with van der Waals surface area (Å²) in [5.41, 5.74) is 0.420. The second kappa shape index (κ2) is 8.29. The molecule has 0 spiro atoms. The number of nitrogens with zero attached hydrogens (tertiary/aromatic N) is 1. The van der Waals surface area contributed by atoms with Gasteiger partial charge in [-0.3, -0.25) is 14.9 Å².